The molecule has 0 bridgehead atoms. The van der Waals surface area contributed by atoms with E-state index in [0.717, 1.165) is 32.4 Å². The molecule has 0 spiro atoms. The summed E-state index contributed by atoms with van der Waals surface area (Å²) < 4.78 is 111. The number of aliphatic hydroxyl groups excluding tert-OH is 2. The Bertz CT molecular complexity index is 2340. The molecule has 2 aromatic carbocycles. The molecule has 0 saturated heterocycles. The van der Waals surface area contributed by atoms with Crippen molar-refractivity contribution in [2.45, 2.75) is 83.0 Å². The van der Waals surface area contributed by atoms with Gasteiger partial charge in [-0.15, -0.1) is 45.3 Å². The molecule has 0 radical (unpaired) electrons. The first-order chi connectivity index (χ1) is 28.7. The summed E-state index contributed by atoms with van der Waals surface area (Å²) in [7, 11) is 0. The number of alkyl halides is 6. The van der Waals surface area contributed by atoms with Crippen molar-refractivity contribution < 1.29 is 46.0 Å². The molecule has 0 unspecified atom stereocenters. The van der Waals surface area contributed by atoms with Gasteiger partial charge in [0.25, 0.3) is 0 Å². The van der Waals surface area contributed by atoms with E-state index in [4.69, 9.17) is 9.47 Å². The van der Waals surface area contributed by atoms with Crippen LogP contribution in [-0.4, -0.2) is 54.4 Å². The summed E-state index contributed by atoms with van der Waals surface area (Å²) in [5, 5.41) is 18.4. The molecule has 0 amide bonds. The van der Waals surface area contributed by atoms with Gasteiger partial charge in [-0.2, -0.15) is 26.3 Å². The number of hydrogen-bond acceptors (Lipinski definition) is 8. The Labute approximate surface area is 367 Å². The summed E-state index contributed by atoms with van der Waals surface area (Å²) >= 11 is 5.00. The third kappa shape index (κ3) is 8.60. The molecule has 0 fully saturated rings. The lowest BCUT2D eigenvalue weighted by Crippen LogP contribution is -2.48. The van der Waals surface area contributed by atoms with Crippen molar-refractivity contribution in [3.8, 4) is 51.9 Å². The summed E-state index contributed by atoms with van der Waals surface area (Å²) in [4.78, 5) is 4.53. The van der Waals surface area contributed by atoms with Crippen molar-refractivity contribution in [1.82, 2.24) is 0 Å². The topological polar surface area (TPSA) is 58.9 Å². The molecule has 14 heteroatoms. The maximum atomic E-state index is 16.9. The van der Waals surface area contributed by atoms with Crippen LogP contribution in [0.25, 0.3) is 51.5 Å². The molecule has 1 aliphatic rings. The molecule has 4 nitrogen and oxygen atoms in total. The highest BCUT2D eigenvalue weighted by atomic mass is 32.1. The van der Waals surface area contributed by atoms with Crippen LogP contribution in [0.1, 0.15) is 75.3 Å². The van der Waals surface area contributed by atoms with E-state index in [-0.39, 0.29) is 47.0 Å². The monoisotopic (exact) mass is 916 g/mol. The summed E-state index contributed by atoms with van der Waals surface area (Å²) in [6.45, 7) is 12.5. The predicted octanol–water partition coefficient (Wildman–Crippen LogP) is 14.5. The van der Waals surface area contributed by atoms with Crippen LogP contribution in [0, 0.1) is 0 Å². The van der Waals surface area contributed by atoms with E-state index in [9.17, 15) is 10.2 Å². The van der Waals surface area contributed by atoms with E-state index in [1.54, 1.807) is 48.5 Å². The Hall–Kier alpha value is -3.92. The smallest absolute Gasteiger partial charge is 0.380 e. The maximum absolute atomic E-state index is 16.9. The molecule has 2 N–H and O–H groups in total. The number of allylic oxidation sites excluding steroid dienone is 2. The number of aliphatic hydroxyl groups is 2. The quantitative estimate of drug-likeness (QED) is 0.0844. The van der Waals surface area contributed by atoms with Crippen molar-refractivity contribution in [2.75, 3.05) is 26.4 Å². The number of ether oxygens (including phenoxy) is 2. The zero-order valence-electron chi connectivity index (χ0n) is 34.4. The minimum atomic E-state index is -5.79. The normalized spacial score (nSPS) is 16.1. The second-order valence-electron chi connectivity index (χ2n) is 16.9. The number of hydrogen-bond donors (Lipinski definition) is 2. The molecule has 0 saturated carbocycles. The van der Waals surface area contributed by atoms with Gasteiger partial charge < -0.3 is 19.7 Å². The fourth-order valence-electron chi connectivity index (χ4n) is 6.92. The van der Waals surface area contributed by atoms with Crippen LogP contribution >= 0.6 is 45.3 Å². The van der Waals surface area contributed by atoms with E-state index in [2.05, 4.69) is 0 Å². The third-order valence-electron chi connectivity index (χ3n) is 10.2. The highest BCUT2D eigenvalue weighted by molar-refractivity contribution is 7.24. The lowest BCUT2D eigenvalue weighted by molar-refractivity contribution is -0.254. The molecular formula is C47H46F6O4S4. The van der Waals surface area contributed by atoms with Gasteiger partial charge in [0, 0.05) is 87.3 Å². The first kappa shape index (κ1) is 45.1. The van der Waals surface area contributed by atoms with Crippen molar-refractivity contribution in [2.24, 2.45) is 0 Å². The molecule has 4 heterocycles. The molecular weight excluding hydrogens is 871 g/mol. The summed E-state index contributed by atoms with van der Waals surface area (Å²) in [6, 6.07) is 23.0. The second-order valence-corrected chi connectivity index (χ2v) is 21.2. The van der Waals surface area contributed by atoms with Gasteiger partial charge in [0.2, 0.25) is 0 Å². The Morgan fingerprint density at radius 2 is 0.852 bits per heavy atom. The van der Waals surface area contributed by atoms with Gasteiger partial charge in [0.05, 0.1) is 13.2 Å². The van der Waals surface area contributed by atoms with Gasteiger partial charge >= 0.3 is 17.8 Å². The minimum Gasteiger partial charge on any atom is -0.494 e. The molecule has 324 valence electrons. The first-order valence-corrected chi connectivity index (χ1v) is 23.0. The van der Waals surface area contributed by atoms with Gasteiger partial charge in [-0.3, -0.25) is 0 Å². The van der Waals surface area contributed by atoms with Crippen molar-refractivity contribution in [3.63, 3.8) is 0 Å². The van der Waals surface area contributed by atoms with Crippen LogP contribution in [0.4, 0.5) is 26.3 Å². The number of halogens is 6. The summed E-state index contributed by atoms with van der Waals surface area (Å²) in [6.07, 6.45) is 0.760. The fourth-order valence-corrected chi connectivity index (χ4v) is 11.5. The summed E-state index contributed by atoms with van der Waals surface area (Å²) in [5.74, 6) is -15.5. The minimum absolute atomic E-state index is 0.0796. The fraction of sp³-hybridized carbons (Fsp3) is 0.362. The predicted molar refractivity (Wildman–Crippen MR) is 240 cm³/mol. The van der Waals surface area contributed by atoms with E-state index < -0.39 is 40.0 Å². The van der Waals surface area contributed by atoms with Crippen LogP contribution in [0.2, 0.25) is 0 Å². The number of rotatable bonds is 14. The van der Waals surface area contributed by atoms with Crippen LogP contribution in [0.15, 0.2) is 84.9 Å². The Kier molecular flexibility index (Phi) is 12.6. The Morgan fingerprint density at radius 1 is 0.492 bits per heavy atom. The SMILES string of the molecule is CC(C)(C)c1ccc(-c2cc(C3=C(c4cc(-c5ccc(C(C)(C)C)s5)sc4-c4ccc(OCCCO)cc4)C(F)(F)C(F)(F)C3(F)F)c(-c3ccc(OCCCO)cc3)s2)s1. The zero-order chi connectivity index (χ0) is 44.1. The van der Waals surface area contributed by atoms with Gasteiger partial charge in [0.1, 0.15) is 11.5 Å². The second kappa shape index (κ2) is 17.0. The number of benzene rings is 2. The first-order valence-electron chi connectivity index (χ1n) is 19.8. The number of thiophene rings is 4. The van der Waals surface area contributed by atoms with Crippen molar-refractivity contribution in [3.05, 3.63) is 106 Å². The van der Waals surface area contributed by atoms with E-state index in [1.165, 1.54) is 34.8 Å². The largest absolute Gasteiger partial charge is 0.494 e. The van der Waals surface area contributed by atoms with Gasteiger partial charge in [0.15, 0.2) is 0 Å². The summed E-state index contributed by atoms with van der Waals surface area (Å²) in [5.41, 5.74) is -3.45. The molecule has 0 aliphatic heterocycles. The lowest BCUT2D eigenvalue weighted by atomic mass is 9.92. The van der Waals surface area contributed by atoms with Crippen LogP contribution in [-0.2, 0) is 10.8 Å². The van der Waals surface area contributed by atoms with Gasteiger partial charge in [-0.05, 0) is 107 Å². The van der Waals surface area contributed by atoms with Crippen molar-refractivity contribution in [1.29, 1.82) is 0 Å². The zero-order valence-corrected chi connectivity index (χ0v) is 37.7. The molecule has 7 rings (SSSR count). The van der Waals surface area contributed by atoms with E-state index in [1.807, 2.05) is 65.8 Å². The standard InChI is InChI=1S/C47H46F6O4S4/c1-43(2,3)37-19-17-33(58-37)35-25-31(41(60-35)27-9-13-29(14-10-27)56-23-7-21-54)39-40(46(50,51)47(52,53)45(39,48)49)32-26-36(34-18-20-38(59-34)44(4,5)6)61-42(32)28-11-15-30(16-12-28)57-24-8-22-55/h9-20,25-26,54-55H,7-8,21-24H2,1-6H3. The van der Waals surface area contributed by atoms with Gasteiger partial charge in [-0.1, -0.05) is 41.5 Å². The maximum Gasteiger partial charge on any atom is 0.380 e. The highest BCUT2D eigenvalue weighted by Crippen LogP contribution is 2.67. The molecule has 4 aromatic heterocycles. The highest BCUT2D eigenvalue weighted by Gasteiger charge is 2.80. The molecule has 6 aromatic rings. The molecule has 0 atom stereocenters. The Morgan fingerprint density at radius 3 is 1.16 bits per heavy atom. The Balaban J connectivity index is 1.50. The van der Waals surface area contributed by atoms with Crippen molar-refractivity contribution >= 4 is 56.5 Å². The van der Waals surface area contributed by atoms with Crippen LogP contribution in [0.5, 0.6) is 11.5 Å². The molecule has 61 heavy (non-hydrogen) atoms. The third-order valence-corrected chi connectivity index (χ3v) is 16.0. The lowest BCUT2D eigenvalue weighted by Gasteiger charge is -2.26. The average molecular weight is 917 g/mol. The van der Waals surface area contributed by atoms with Gasteiger partial charge in [-0.25, -0.2) is 0 Å². The average Bonchev–Trinajstić information content (AvgIpc) is 4.03. The molecule has 1 aliphatic carbocycles. The van der Waals surface area contributed by atoms with Crippen LogP contribution in [0.3, 0.4) is 0 Å². The van der Waals surface area contributed by atoms with Crippen LogP contribution < -0.4 is 9.47 Å². The van der Waals surface area contributed by atoms with E-state index >= 15 is 26.3 Å². The van der Waals surface area contributed by atoms with E-state index in [0.29, 0.717) is 55.0 Å².